The van der Waals surface area contributed by atoms with Crippen molar-refractivity contribution in [2.45, 2.75) is 26.8 Å². The lowest BCUT2D eigenvalue weighted by atomic mass is 10.1. The monoisotopic (exact) mass is 558 g/mol. The number of nitrogens with one attached hydrogen (secondary N) is 1. The fourth-order valence-electron chi connectivity index (χ4n) is 4.17. The molecule has 4 aromatic rings. The van der Waals surface area contributed by atoms with Gasteiger partial charge in [-0.3, -0.25) is 9.10 Å². The van der Waals surface area contributed by atoms with Gasteiger partial charge in [0.05, 0.1) is 53.0 Å². The van der Waals surface area contributed by atoms with Gasteiger partial charge in [-0.05, 0) is 60.9 Å². The van der Waals surface area contributed by atoms with Gasteiger partial charge in [-0.1, -0.05) is 30.7 Å². The Labute approximate surface area is 225 Å². The molecule has 0 aliphatic rings. The summed E-state index contributed by atoms with van der Waals surface area (Å²) in [5, 5.41) is 3.27. The molecule has 4 rings (SSSR count). The number of anilines is 3. The summed E-state index contributed by atoms with van der Waals surface area (Å²) in [5.74, 6) is -0.145. The fraction of sp³-hybridized carbons (Fsp3) is 0.259. The van der Waals surface area contributed by atoms with Crippen LogP contribution in [-0.4, -0.2) is 30.8 Å². The number of fused-ring (bicyclic) bond motifs is 1. The summed E-state index contributed by atoms with van der Waals surface area (Å²) in [6, 6.07) is 12.9. The Balaban J connectivity index is 1.80. The van der Waals surface area contributed by atoms with Crippen LogP contribution in [-0.2, 0) is 23.6 Å². The van der Waals surface area contributed by atoms with Crippen LogP contribution in [0.25, 0.3) is 10.9 Å². The minimum Gasteiger partial charge on any atom is -0.497 e. The lowest BCUT2D eigenvalue weighted by Gasteiger charge is -2.27. The van der Waals surface area contributed by atoms with Crippen LogP contribution in [0.4, 0.5) is 21.5 Å². The molecule has 0 unspecified atom stereocenters. The van der Waals surface area contributed by atoms with E-state index in [-0.39, 0.29) is 34.3 Å². The van der Waals surface area contributed by atoms with Gasteiger partial charge in [-0.25, -0.2) is 17.8 Å². The summed E-state index contributed by atoms with van der Waals surface area (Å²) >= 11 is 6.70. The number of nitrogens with zero attached hydrogens (tertiary/aromatic N) is 3. The van der Waals surface area contributed by atoms with E-state index in [2.05, 4.69) is 10.3 Å². The number of methoxy groups -OCH3 is 1. The van der Waals surface area contributed by atoms with Gasteiger partial charge in [0, 0.05) is 12.7 Å². The van der Waals surface area contributed by atoms with Crippen molar-refractivity contribution in [3.05, 3.63) is 87.2 Å². The number of sulfonamides is 1. The third-order valence-corrected chi connectivity index (χ3v) is 8.53. The van der Waals surface area contributed by atoms with Crippen molar-refractivity contribution >= 4 is 49.6 Å². The van der Waals surface area contributed by atoms with E-state index in [0.717, 1.165) is 0 Å². The molecule has 0 radical (unpaired) electrons. The van der Waals surface area contributed by atoms with Crippen molar-refractivity contribution in [3.63, 3.8) is 0 Å². The third kappa shape index (κ3) is 5.32. The number of hydrogen-bond donors (Lipinski definition) is 1. The normalized spacial score (nSPS) is 11.5. The maximum atomic E-state index is 15.1. The first-order valence-electron chi connectivity index (χ1n) is 11.9. The van der Waals surface area contributed by atoms with Crippen LogP contribution in [0, 0.1) is 12.7 Å². The van der Waals surface area contributed by atoms with Crippen molar-refractivity contribution in [2.75, 3.05) is 22.5 Å². The van der Waals surface area contributed by atoms with E-state index in [9.17, 15) is 13.2 Å². The average molecular weight is 559 g/mol. The van der Waals surface area contributed by atoms with Crippen LogP contribution >= 0.6 is 11.6 Å². The summed E-state index contributed by atoms with van der Waals surface area (Å²) in [6.07, 6.45) is 1.83. The molecule has 38 heavy (non-hydrogen) atoms. The molecule has 11 heteroatoms. The Kier molecular flexibility index (Phi) is 7.94. The van der Waals surface area contributed by atoms with Crippen molar-refractivity contribution in [3.8, 4) is 5.75 Å². The lowest BCUT2D eigenvalue weighted by Crippen LogP contribution is -2.33. The van der Waals surface area contributed by atoms with Crippen molar-refractivity contribution in [2.24, 2.45) is 7.05 Å². The summed E-state index contributed by atoms with van der Waals surface area (Å²) in [7, 11) is -0.650. The predicted molar refractivity (Wildman–Crippen MR) is 150 cm³/mol. The van der Waals surface area contributed by atoms with Crippen LogP contribution in [0.15, 0.2) is 59.7 Å². The number of hydrogen-bond acceptors (Lipinski definition) is 6. The Morgan fingerprint density at radius 3 is 2.50 bits per heavy atom. The average Bonchev–Trinajstić information content (AvgIpc) is 2.89. The van der Waals surface area contributed by atoms with Crippen molar-refractivity contribution in [1.29, 1.82) is 0 Å². The van der Waals surface area contributed by atoms with Gasteiger partial charge in [0.15, 0.2) is 0 Å². The molecule has 0 aliphatic carbocycles. The van der Waals surface area contributed by atoms with Gasteiger partial charge < -0.3 is 14.6 Å². The Morgan fingerprint density at radius 2 is 1.84 bits per heavy atom. The van der Waals surface area contributed by atoms with Gasteiger partial charge in [0.2, 0.25) is 10.0 Å². The first kappa shape index (κ1) is 27.4. The first-order valence-corrected chi connectivity index (χ1v) is 13.9. The van der Waals surface area contributed by atoms with Crippen molar-refractivity contribution < 1.29 is 17.5 Å². The highest BCUT2D eigenvalue weighted by Gasteiger charge is 2.27. The lowest BCUT2D eigenvalue weighted by molar-refractivity contribution is 0.414. The topological polar surface area (TPSA) is 93.5 Å². The number of ether oxygens (including phenoxy) is 1. The van der Waals surface area contributed by atoms with Crippen LogP contribution in [0.3, 0.4) is 0 Å². The molecule has 0 saturated heterocycles. The molecule has 0 aliphatic heterocycles. The van der Waals surface area contributed by atoms with Crippen molar-refractivity contribution in [1.82, 2.24) is 9.55 Å². The van der Waals surface area contributed by atoms with E-state index in [1.165, 1.54) is 27.3 Å². The molecule has 0 bridgehead atoms. The van der Waals surface area contributed by atoms with Gasteiger partial charge in [0.25, 0.3) is 5.56 Å². The van der Waals surface area contributed by atoms with Crippen LogP contribution in [0.2, 0.25) is 5.02 Å². The molecule has 1 heterocycles. The van der Waals surface area contributed by atoms with Crippen LogP contribution in [0.5, 0.6) is 5.75 Å². The predicted octanol–water partition coefficient (Wildman–Crippen LogP) is 5.53. The van der Waals surface area contributed by atoms with E-state index < -0.39 is 15.8 Å². The van der Waals surface area contributed by atoms with Gasteiger partial charge in [-0.15, -0.1) is 0 Å². The second-order valence-electron chi connectivity index (χ2n) is 8.84. The highest BCUT2D eigenvalue weighted by Crippen LogP contribution is 2.39. The molecule has 0 amide bonds. The number of aromatic nitrogens is 2. The SMILES string of the molecule is CCCS(=O)(=O)N(Cc1ccc(OC)cc1)c1ccc(F)c(Nc2ccc3ncn(C)c(=O)c3c2C)c1Cl. The Hall–Kier alpha value is -3.63. The van der Waals surface area contributed by atoms with Gasteiger partial charge >= 0.3 is 0 Å². The van der Waals surface area contributed by atoms with E-state index in [1.807, 2.05) is 0 Å². The third-order valence-electron chi connectivity index (χ3n) is 6.23. The molecule has 0 atom stereocenters. The maximum absolute atomic E-state index is 15.1. The molecule has 0 fully saturated rings. The summed E-state index contributed by atoms with van der Waals surface area (Å²) < 4.78 is 49.5. The van der Waals surface area contributed by atoms with Gasteiger partial charge in [-0.2, -0.15) is 0 Å². The first-order chi connectivity index (χ1) is 18.1. The smallest absolute Gasteiger partial charge is 0.261 e. The summed E-state index contributed by atoms with van der Waals surface area (Å²) in [4.78, 5) is 17.0. The highest BCUT2D eigenvalue weighted by atomic mass is 35.5. The zero-order valence-corrected chi connectivity index (χ0v) is 23.0. The van der Waals surface area contributed by atoms with E-state index in [4.69, 9.17) is 16.3 Å². The summed E-state index contributed by atoms with van der Waals surface area (Å²) in [6.45, 7) is 3.49. The molecule has 200 valence electrons. The fourth-order valence-corrected chi connectivity index (χ4v) is 6.06. The molecule has 8 nitrogen and oxygen atoms in total. The molecular weight excluding hydrogens is 531 g/mol. The van der Waals surface area contributed by atoms with E-state index in [1.54, 1.807) is 64.4 Å². The number of benzene rings is 3. The summed E-state index contributed by atoms with van der Waals surface area (Å²) in [5.41, 5.74) is 2.01. The zero-order valence-electron chi connectivity index (χ0n) is 21.5. The van der Waals surface area contributed by atoms with Crippen LogP contribution < -0.4 is 19.9 Å². The molecule has 0 saturated carbocycles. The Morgan fingerprint density at radius 1 is 1.13 bits per heavy atom. The molecule has 1 aromatic heterocycles. The van der Waals surface area contributed by atoms with E-state index in [0.29, 0.717) is 39.9 Å². The minimum atomic E-state index is -3.80. The number of aryl methyl sites for hydroxylation is 2. The Bertz CT molecular complexity index is 1660. The number of rotatable bonds is 9. The second-order valence-corrected chi connectivity index (χ2v) is 11.2. The largest absolute Gasteiger partial charge is 0.497 e. The second kappa shape index (κ2) is 11.0. The quantitative estimate of drug-likeness (QED) is 0.290. The number of halogens is 2. The van der Waals surface area contributed by atoms with Gasteiger partial charge in [0.1, 0.15) is 11.6 Å². The standard InChI is InChI=1S/C27H28ClFN4O4S/c1-5-14-38(35,36)33(15-18-6-8-19(37-4)9-7-18)23-13-10-20(29)26(25(23)28)31-21-11-12-22-24(17(21)2)27(34)32(3)16-30-22/h6-13,16,31H,5,14-15H2,1-4H3. The molecular formula is C27H28ClFN4O4S. The molecule has 0 spiro atoms. The highest BCUT2D eigenvalue weighted by molar-refractivity contribution is 7.92. The maximum Gasteiger partial charge on any atom is 0.261 e. The minimum absolute atomic E-state index is 0.00612. The molecule has 1 N–H and O–H groups in total. The van der Waals surface area contributed by atoms with E-state index >= 15 is 4.39 Å². The molecule has 3 aromatic carbocycles. The zero-order chi connectivity index (χ0) is 27.6. The van der Waals surface area contributed by atoms with Crippen LogP contribution in [0.1, 0.15) is 24.5 Å².